The van der Waals surface area contributed by atoms with Gasteiger partial charge in [-0.3, -0.25) is 14.9 Å². The number of nitro groups is 1. The van der Waals surface area contributed by atoms with Gasteiger partial charge in [-0.05, 0) is 31.4 Å². The average Bonchev–Trinajstić information content (AvgIpc) is 2.75. The molecule has 0 saturated heterocycles. The van der Waals surface area contributed by atoms with E-state index in [4.69, 9.17) is 5.73 Å². The highest BCUT2D eigenvalue weighted by molar-refractivity contribution is 5.94. The first-order chi connectivity index (χ1) is 8.58. The highest BCUT2D eigenvalue weighted by Gasteiger charge is 2.25. The highest BCUT2D eigenvalue weighted by Crippen LogP contribution is 2.18. The van der Waals surface area contributed by atoms with Crippen molar-refractivity contribution in [3.8, 4) is 0 Å². The third-order valence-corrected chi connectivity index (χ3v) is 3.23. The number of carbonyl (C=O) groups is 1. The minimum Gasteiger partial charge on any atom is -0.348 e. The maximum Gasteiger partial charge on any atom is 0.269 e. The fourth-order valence-electron chi connectivity index (χ4n) is 2.15. The van der Waals surface area contributed by atoms with Crippen LogP contribution in [0.15, 0.2) is 24.3 Å². The second-order valence-electron chi connectivity index (χ2n) is 4.48. The Kier molecular flexibility index (Phi) is 3.57. The topological polar surface area (TPSA) is 98.3 Å². The summed E-state index contributed by atoms with van der Waals surface area (Å²) >= 11 is 0. The van der Waals surface area contributed by atoms with E-state index < -0.39 is 4.92 Å². The van der Waals surface area contributed by atoms with Gasteiger partial charge in [0.05, 0.1) is 4.92 Å². The number of nitrogens with one attached hydrogen (secondary N) is 1. The molecule has 0 radical (unpaired) electrons. The Morgan fingerprint density at radius 2 is 2.00 bits per heavy atom. The average molecular weight is 249 g/mol. The van der Waals surface area contributed by atoms with Gasteiger partial charge >= 0.3 is 0 Å². The Labute approximate surface area is 104 Å². The molecule has 1 aliphatic carbocycles. The van der Waals surface area contributed by atoms with Crippen molar-refractivity contribution in [2.24, 2.45) is 5.73 Å². The number of carbonyl (C=O) groups excluding carboxylic acids is 1. The number of amides is 1. The molecule has 2 atom stereocenters. The van der Waals surface area contributed by atoms with Crippen LogP contribution in [-0.2, 0) is 0 Å². The lowest BCUT2D eigenvalue weighted by Crippen LogP contribution is -2.43. The molecule has 1 fully saturated rings. The van der Waals surface area contributed by atoms with E-state index in [2.05, 4.69) is 5.32 Å². The third-order valence-electron chi connectivity index (χ3n) is 3.23. The summed E-state index contributed by atoms with van der Waals surface area (Å²) in [7, 11) is 0. The number of hydrogen-bond acceptors (Lipinski definition) is 4. The fraction of sp³-hybridized carbons (Fsp3) is 0.417. The van der Waals surface area contributed by atoms with Gasteiger partial charge in [-0.15, -0.1) is 0 Å². The minimum atomic E-state index is -0.491. The van der Waals surface area contributed by atoms with Crippen molar-refractivity contribution in [3.05, 3.63) is 39.9 Å². The number of nitro benzene ring substituents is 1. The molecule has 6 nitrogen and oxygen atoms in total. The van der Waals surface area contributed by atoms with Crippen LogP contribution in [0.25, 0.3) is 0 Å². The molecule has 1 amide bonds. The zero-order valence-corrected chi connectivity index (χ0v) is 9.83. The quantitative estimate of drug-likeness (QED) is 0.621. The second-order valence-corrected chi connectivity index (χ2v) is 4.48. The fourth-order valence-corrected chi connectivity index (χ4v) is 2.15. The summed E-state index contributed by atoms with van der Waals surface area (Å²) < 4.78 is 0. The van der Waals surface area contributed by atoms with Crippen LogP contribution in [0.3, 0.4) is 0 Å². The van der Waals surface area contributed by atoms with E-state index in [0.717, 1.165) is 19.3 Å². The van der Waals surface area contributed by atoms with Gasteiger partial charge in [0.15, 0.2) is 0 Å². The third kappa shape index (κ3) is 2.65. The van der Waals surface area contributed by atoms with E-state index in [0.29, 0.717) is 5.56 Å². The van der Waals surface area contributed by atoms with Crippen molar-refractivity contribution in [3.63, 3.8) is 0 Å². The van der Waals surface area contributed by atoms with Gasteiger partial charge in [0.1, 0.15) is 0 Å². The summed E-state index contributed by atoms with van der Waals surface area (Å²) in [5, 5.41) is 13.4. The van der Waals surface area contributed by atoms with Gasteiger partial charge in [-0.25, -0.2) is 0 Å². The van der Waals surface area contributed by atoms with Gasteiger partial charge in [0.25, 0.3) is 11.6 Å². The van der Waals surface area contributed by atoms with E-state index >= 15 is 0 Å². The Hall–Kier alpha value is -1.95. The first kappa shape index (κ1) is 12.5. The molecule has 0 aromatic heterocycles. The lowest BCUT2D eigenvalue weighted by atomic mass is 10.1. The Bertz CT molecular complexity index is 458. The van der Waals surface area contributed by atoms with E-state index in [1.165, 1.54) is 24.3 Å². The predicted molar refractivity (Wildman–Crippen MR) is 66.2 cm³/mol. The molecule has 1 aromatic rings. The molecule has 0 heterocycles. The number of rotatable bonds is 3. The largest absolute Gasteiger partial charge is 0.348 e. The SMILES string of the molecule is NC1CCCC1NC(=O)c1ccc([N+](=O)[O-])cc1. The van der Waals surface area contributed by atoms with E-state index in [1.54, 1.807) is 0 Å². The molecule has 18 heavy (non-hydrogen) atoms. The molecule has 2 unspecified atom stereocenters. The zero-order valence-electron chi connectivity index (χ0n) is 9.83. The first-order valence-electron chi connectivity index (χ1n) is 5.89. The summed E-state index contributed by atoms with van der Waals surface area (Å²) in [6.45, 7) is 0. The van der Waals surface area contributed by atoms with E-state index in [-0.39, 0.29) is 23.7 Å². The lowest BCUT2D eigenvalue weighted by molar-refractivity contribution is -0.384. The van der Waals surface area contributed by atoms with Gasteiger partial charge < -0.3 is 11.1 Å². The Morgan fingerprint density at radius 1 is 1.33 bits per heavy atom. The van der Waals surface area contributed by atoms with Crippen molar-refractivity contribution in [2.75, 3.05) is 0 Å². The number of nitrogens with zero attached hydrogens (tertiary/aromatic N) is 1. The highest BCUT2D eigenvalue weighted by atomic mass is 16.6. The molecule has 1 saturated carbocycles. The monoisotopic (exact) mass is 249 g/mol. The minimum absolute atomic E-state index is 0.00648. The zero-order chi connectivity index (χ0) is 13.1. The molecule has 2 rings (SSSR count). The standard InChI is InChI=1S/C12H15N3O3/c13-10-2-1-3-11(10)14-12(16)8-4-6-9(7-5-8)15(17)18/h4-7,10-11H,1-3,13H2,(H,14,16). The summed E-state index contributed by atoms with van der Waals surface area (Å²) in [4.78, 5) is 21.9. The van der Waals surface area contributed by atoms with Crippen LogP contribution in [-0.4, -0.2) is 22.9 Å². The van der Waals surface area contributed by atoms with Crippen LogP contribution in [0.4, 0.5) is 5.69 Å². The molecule has 96 valence electrons. The van der Waals surface area contributed by atoms with Crippen LogP contribution in [0, 0.1) is 10.1 Å². The summed E-state index contributed by atoms with van der Waals surface area (Å²) in [5.74, 6) is -0.229. The van der Waals surface area contributed by atoms with Crippen molar-refractivity contribution >= 4 is 11.6 Å². The van der Waals surface area contributed by atoms with Crippen LogP contribution in [0.5, 0.6) is 0 Å². The second kappa shape index (κ2) is 5.14. The molecular weight excluding hydrogens is 234 g/mol. The normalized spacial score (nSPS) is 22.7. The predicted octanol–water partition coefficient (Wildman–Crippen LogP) is 1.20. The molecule has 0 bridgehead atoms. The number of non-ortho nitro benzene ring substituents is 1. The molecular formula is C12H15N3O3. The molecule has 0 aliphatic heterocycles. The molecule has 1 aliphatic rings. The maximum atomic E-state index is 11.9. The summed E-state index contributed by atoms with van der Waals surface area (Å²) in [6, 6.07) is 5.56. The van der Waals surface area contributed by atoms with Gasteiger partial charge in [-0.2, -0.15) is 0 Å². The number of benzene rings is 1. The van der Waals surface area contributed by atoms with Gasteiger partial charge in [0.2, 0.25) is 0 Å². The summed E-state index contributed by atoms with van der Waals surface area (Å²) in [6.07, 6.45) is 2.83. The van der Waals surface area contributed by atoms with Gasteiger partial charge in [0, 0.05) is 29.8 Å². The van der Waals surface area contributed by atoms with Gasteiger partial charge in [-0.1, -0.05) is 0 Å². The van der Waals surface area contributed by atoms with Crippen LogP contribution in [0.1, 0.15) is 29.6 Å². The Balaban J connectivity index is 2.02. The summed E-state index contributed by atoms with van der Waals surface area (Å²) in [5.41, 5.74) is 6.26. The molecule has 6 heteroatoms. The Morgan fingerprint density at radius 3 is 2.50 bits per heavy atom. The van der Waals surface area contributed by atoms with Crippen molar-refractivity contribution in [1.29, 1.82) is 0 Å². The van der Waals surface area contributed by atoms with Crippen LogP contribution in [0.2, 0.25) is 0 Å². The van der Waals surface area contributed by atoms with Crippen LogP contribution >= 0.6 is 0 Å². The smallest absolute Gasteiger partial charge is 0.269 e. The lowest BCUT2D eigenvalue weighted by Gasteiger charge is -2.17. The molecule has 3 N–H and O–H groups in total. The first-order valence-corrected chi connectivity index (χ1v) is 5.89. The van der Waals surface area contributed by atoms with Crippen molar-refractivity contribution in [1.82, 2.24) is 5.32 Å². The molecule has 0 spiro atoms. The van der Waals surface area contributed by atoms with Crippen molar-refractivity contribution < 1.29 is 9.72 Å². The number of hydrogen-bond donors (Lipinski definition) is 2. The number of nitrogens with two attached hydrogens (primary N) is 1. The maximum absolute atomic E-state index is 11.9. The van der Waals surface area contributed by atoms with Crippen LogP contribution < -0.4 is 11.1 Å². The van der Waals surface area contributed by atoms with E-state index in [1.807, 2.05) is 0 Å². The van der Waals surface area contributed by atoms with E-state index in [9.17, 15) is 14.9 Å². The van der Waals surface area contributed by atoms with Crippen molar-refractivity contribution in [2.45, 2.75) is 31.3 Å². The molecule has 1 aromatic carbocycles.